The molecule has 6 aliphatic heterocycles. The van der Waals surface area contributed by atoms with Gasteiger partial charge in [-0.15, -0.1) is 0 Å². The lowest BCUT2D eigenvalue weighted by Crippen LogP contribution is -2.50. The number of hydrogen-bond donors (Lipinski definition) is 3. The van der Waals surface area contributed by atoms with Crippen molar-refractivity contribution in [2.24, 2.45) is 76.9 Å². The molecule has 6 rings (SSSR count). The van der Waals surface area contributed by atoms with Crippen molar-refractivity contribution in [3.8, 4) is 0 Å². The molecule has 0 aromatic rings. The Morgan fingerprint density at radius 1 is 0.411 bits per heavy atom. The van der Waals surface area contributed by atoms with Gasteiger partial charge in [-0.3, -0.25) is 10.2 Å². The summed E-state index contributed by atoms with van der Waals surface area (Å²) in [6.45, 7) is 90.2. The maximum absolute atomic E-state index is 3.57. The predicted octanol–water partition coefficient (Wildman–Crippen LogP) is 19.5. The van der Waals surface area contributed by atoms with Gasteiger partial charge in [-0.25, -0.2) is 0 Å². The van der Waals surface area contributed by atoms with E-state index in [1.165, 1.54) is 162 Å². The molecule has 0 radical (unpaired) electrons. The monoisotopic (exact) mass is 1270 g/mol. The third-order valence-corrected chi connectivity index (χ3v) is 21.3. The van der Waals surface area contributed by atoms with Crippen molar-refractivity contribution in [1.29, 1.82) is 0 Å². The number of piperidine rings is 5. The minimum absolute atomic E-state index is 0.384. The van der Waals surface area contributed by atoms with Crippen LogP contribution in [0.4, 0.5) is 0 Å². The predicted molar refractivity (Wildman–Crippen MR) is 410 cm³/mol. The average Bonchev–Trinajstić information content (AvgIpc) is 1.97. The zero-order chi connectivity index (χ0) is 69.6. The molecule has 0 aromatic heterocycles. The summed E-state index contributed by atoms with van der Waals surface area (Å²) in [5, 5.41) is 10.5. The Morgan fingerprint density at radius 3 is 1.10 bits per heavy atom. The second kappa shape index (κ2) is 50.9. The summed E-state index contributed by atoms with van der Waals surface area (Å²) in [5.74, 6) is 11.6. The summed E-state index contributed by atoms with van der Waals surface area (Å²) in [6.07, 6.45) is 18.6. The Labute approximate surface area is 570 Å². The number of nitrogens with zero attached hydrogens (tertiary/aromatic N) is 6. The molecule has 0 amide bonds. The van der Waals surface area contributed by atoms with Crippen LogP contribution in [0, 0.1) is 76.9 Å². The summed E-state index contributed by atoms with van der Waals surface area (Å²) in [6, 6.07) is 4.91. The van der Waals surface area contributed by atoms with Gasteiger partial charge in [-0.1, -0.05) is 118 Å². The van der Waals surface area contributed by atoms with E-state index in [1.54, 1.807) is 0 Å². The maximum Gasteiger partial charge on any atom is 0.0573 e. The van der Waals surface area contributed by atoms with Gasteiger partial charge in [-0.2, -0.15) is 0 Å². The molecular formula is C81H175N9. The fourth-order valence-corrected chi connectivity index (χ4v) is 13.2. The highest BCUT2D eigenvalue weighted by molar-refractivity contribution is 4.83. The lowest BCUT2D eigenvalue weighted by Gasteiger charge is -2.40. The van der Waals surface area contributed by atoms with E-state index in [1.807, 2.05) is 0 Å². The largest absolute Gasteiger partial charge is 0.315 e. The van der Waals surface area contributed by atoms with Gasteiger partial charge in [0.15, 0.2) is 0 Å². The first-order valence-corrected chi connectivity index (χ1v) is 39.3. The molecule has 544 valence electrons. The van der Waals surface area contributed by atoms with Crippen LogP contribution in [0.15, 0.2) is 0 Å². The van der Waals surface area contributed by atoms with Crippen molar-refractivity contribution in [2.45, 2.75) is 359 Å². The second-order valence-corrected chi connectivity index (χ2v) is 35.3. The van der Waals surface area contributed by atoms with Crippen LogP contribution in [-0.4, -0.2) is 176 Å². The SMILES string of the molecule is CC(C)C1CCCN(C(C)C)C1.CC(C)C1CCN(C(C)C)C1.CC(C)C1CCN(C(C)C)CC1.CC(C)CCN(C)C(C)C.CC(C)CCNC(C)C.CC(C)N[C@H]1CC[C@@H](C(C)C)CN1.CC(C)[C@@H]1CCCN(C(C)C)C1.C[C@H]1CCCN(C(C)(C)C)C1. The molecule has 6 atom stereocenters. The first-order chi connectivity index (χ1) is 41.7. The number of rotatable bonds is 19. The van der Waals surface area contributed by atoms with Crippen molar-refractivity contribution in [1.82, 2.24) is 45.3 Å². The molecule has 6 heterocycles. The normalized spacial score (nSPS) is 23.9. The molecule has 9 nitrogen and oxygen atoms in total. The third kappa shape index (κ3) is 46.0. The van der Waals surface area contributed by atoms with Gasteiger partial charge in [0.05, 0.1) is 6.17 Å². The minimum atomic E-state index is 0.384. The van der Waals surface area contributed by atoms with Crippen LogP contribution in [0.3, 0.4) is 0 Å². The van der Waals surface area contributed by atoms with E-state index in [0.717, 1.165) is 108 Å². The molecule has 6 aliphatic rings. The summed E-state index contributed by atoms with van der Waals surface area (Å²) in [4.78, 5) is 15.4. The van der Waals surface area contributed by atoms with Crippen LogP contribution in [0.1, 0.15) is 305 Å². The maximum atomic E-state index is 3.57. The molecule has 0 aliphatic carbocycles. The molecular weight excluding hydrogens is 1100 g/mol. The molecule has 6 fully saturated rings. The molecule has 90 heavy (non-hydrogen) atoms. The number of nitrogens with one attached hydrogen (secondary N) is 3. The summed E-state index contributed by atoms with van der Waals surface area (Å²) < 4.78 is 0. The summed E-state index contributed by atoms with van der Waals surface area (Å²) >= 11 is 0. The van der Waals surface area contributed by atoms with E-state index in [0.29, 0.717) is 29.8 Å². The molecule has 0 bridgehead atoms. The minimum Gasteiger partial charge on any atom is -0.315 e. The third-order valence-electron chi connectivity index (χ3n) is 21.3. The van der Waals surface area contributed by atoms with Gasteiger partial charge in [-0.05, 0) is 330 Å². The molecule has 0 spiro atoms. The highest BCUT2D eigenvalue weighted by Gasteiger charge is 2.29. The summed E-state index contributed by atoms with van der Waals surface area (Å²) in [5.41, 5.74) is 0.384. The van der Waals surface area contributed by atoms with Crippen LogP contribution in [0.2, 0.25) is 0 Å². The lowest BCUT2D eigenvalue weighted by atomic mass is 9.86. The quantitative estimate of drug-likeness (QED) is 0.117. The number of likely N-dealkylation sites (tertiary alicyclic amines) is 5. The topological polar surface area (TPSA) is 55.5 Å². The van der Waals surface area contributed by atoms with Crippen molar-refractivity contribution in [3.05, 3.63) is 0 Å². The Bertz CT molecular complexity index is 1480. The van der Waals surface area contributed by atoms with Crippen LogP contribution < -0.4 is 16.0 Å². The first kappa shape index (κ1) is 91.7. The van der Waals surface area contributed by atoms with Gasteiger partial charge in [0.1, 0.15) is 0 Å². The molecule has 0 saturated carbocycles. The van der Waals surface area contributed by atoms with E-state index in [-0.39, 0.29) is 0 Å². The highest BCUT2D eigenvalue weighted by Crippen LogP contribution is 2.29. The Hall–Kier alpha value is -0.360. The van der Waals surface area contributed by atoms with E-state index in [2.05, 4.69) is 274 Å². The fraction of sp³-hybridized carbons (Fsp3) is 1.00. The van der Waals surface area contributed by atoms with Crippen LogP contribution in [0.5, 0.6) is 0 Å². The van der Waals surface area contributed by atoms with E-state index >= 15 is 0 Å². The summed E-state index contributed by atoms with van der Waals surface area (Å²) in [7, 11) is 2.19. The zero-order valence-corrected chi connectivity index (χ0v) is 68.2. The molecule has 6 saturated heterocycles. The average molecular weight is 1280 g/mol. The van der Waals surface area contributed by atoms with Crippen LogP contribution in [-0.2, 0) is 0 Å². The zero-order valence-electron chi connectivity index (χ0n) is 68.2. The number of hydrogen-bond acceptors (Lipinski definition) is 9. The van der Waals surface area contributed by atoms with Crippen molar-refractivity contribution in [3.63, 3.8) is 0 Å². The highest BCUT2D eigenvalue weighted by atomic mass is 15.2. The Kier molecular flexibility index (Phi) is 51.9. The van der Waals surface area contributed by atoms with Crippen LogP contribution in [0.25, 0.3) is 0 Å². The van der Waals surface area contributed by atoms with Crippen LogP contribution >= 0.6 is 0 Å². The Morgan fingerprint density at radius 2 is 0.800 bits per heavy atom. The van der Waals surface area contributed by atoms with Crippen molar-refractivity contribution in [2.75, 3.05) is 92.1 Å². The molecule has 9 heteroatoms. The standard InChI is InChI=1S/C11H24N2.3C11H23N.2C10H21N.C9H21N.C8H19N/c1-8(2)10-5-6-11(12-7-10)13-9(3)4;1-9(2)11-5-7-12(8-6-11)10(3)4;2*1-9(2)11-6-5-7-12(8-11)10(3)4;1-8(2)10-5-6-11(7-10)9(3)4;1-9-6-5-7-11(8-9)10(2,3)4;1-8(2)6-7-10(5)9(3)4;1-7(2)5-6-9-8(3)4/h8-13H,5-7H2,1-4H3;3*9-11H,5-8H2,1-4H3;8-10H,5-7H2,1-4H3;9H,5-8H2,1-4H3;8-9H,6-7H2,1-5H3;7-9H,5-6H2,1-4H3/t10-,11+;;11-;;;9-;;/m1.1..0../s1. The van der Waals surface area contributed by atoms with E-state index < -0.39 is 0 Å². The van der Waals surface area contributed by atoms with E-state index in [9.17, 15) is 0 Å². The first-order valence-electron chi connectivity index (χ1n) is 39.3. The van der Waals surface area contributed by atoms with Gasteiger partial charge >= 0.3 is 0 Å². The molecule has 0 aromatic carbocycles. The van der Waals surface area contributed by atoms with Gasteiger partial charge in [0.2, 0.25) is 0 Å². The Balaban J connectivity index is 0. The van der Waals surface area contributed by atoms with Crippen molar-refractivity contribution < 1.29 is 0 Å². The van der Waals surface area contributed by atoms with Gasteiger partial charge < -0.3 is 35.1 Å². The van der Waals surface area contributed by atoms with Gasteiger partial charge in [0, 0.05) is 74.0 Å². The van der Waals surface area contributed by atoms with Gasteiger partial charge in [0.25, 0.3) is 0 Å². The molecule has 3 N–H and O–H groups in total. The lowest BCUT2D eigenvalue weighted by molar-refractivity contribution is 0.0843. The van der Waals surface area contributed by atoms with Crippen molar-refractivity contribution >= 4 is 0 Å². The molecule has 2 unspecified atom stereocenters. The fourth-order valence-electron chi connectivity index (χ4n) is 13.2. The van der Waals surface area contributed by atoms with E-state index in [4.69, 9.17) is 0 Å². The smallest absolute Gasteiger partial charge is 0.0573 e. The second-order valence-electron chi connectivity index (χ2n) is 35.3.